The Hall–Kier alpha value is -4.80. The van der Waals surface area contributed by atoms with Crippen LogP contribution in [0.5, 0.6) is 0 Å². The van der Waals surface area contributed by atoms with Gasteiger partial charge in [-0.05, 0) is 49.4 Å². The molecule has 2 heterocycles. The Morgan fingerprint density at radius 1 is 0.881 bits per heavy atom. The molecule has 1 saturated heterocycles. The second kappa shape index (κ2) is 12.4. The van der Waals surface area contributed by atoms with Crippen molar-refractivity contribution in [1.29, 1.82) is 0 Å². The third-order valence-electron chi connectivity index (χ3n) is 6.67. The van der Waals surface area contributed by atoms with E-state index in [2.05, 4.69) is 10.3 Å². The van der Waals surface area contributed by atoms with Gasteiger partial charge in [-0.15, -0.1) is 11.6 Å². The number of hydrogen-bond donors (Lipinski definition) is 1. The maximum atomic E-state index is 13.1. The molecule has 0 radical (unpaired) electrons. The molecule has 1 aliphatic heterocycles. The van der Waals surface area contributed by atoms with Crippen LogP contribution in [-0.4, -0.2) is 51.1 Å². The topological polar surface area (TPSA) is 126 Å². The summed E-state index contributed by atoms with van der Waals surface area (Å²) in [7, 11) is 0. The SMILES string of the molecule is C[C@@]1(Cl)[C@H](OC(=O)c2ccccc2)[C@@H](COC(=O)c2ccccc2)O[C@@H]1n1ccc(NC(=O)c2ccccc2)nc1=O. The van der Waals surface area contributed by atoms with Crippen LogP contribution in [0.1, 0.15) is 44.2 Å². The van der Waals surface area contributed by atoms with Crippen molar-refractivity contribution in [1.82, 2.24) is 9.55 Å². The zero-order chi connectivity index (χ0) is 29.7. The average Bonchev–Trinajstić information content (AvgIpc) is 3.25. The lowest BCUT2D eigenvalue weighted by atomic mass is 10.0. The summed E-state index contributed by atoms with van der Waals surface area (Å²) in [5.41, 5.74) is 0.234. The number of hydrogen-bond acceptors (Lipinski definition) is 8. The molecule has 1 fully saturated rings. The molecule has 214 valence electrons. The molecule has 0 bridgehead atoms. The van der Waals surface area contributed by atoms with E-state index in [4.69, 9.17) is 25.8 Å². The average molecular weight is 588 g/mol. The van der Waals surface area contributed by atoms with Crippen LogP contribution in [0.15, 0.2) is 108 Å². The Balaban J connectivity index is 1.39. The van der Waals surface area contributed by atoms with Crippen LogP contribution in [0.2, 0.25) is 0 Å². The van der Waals surface area contributed by atoms with Crippen LogP contribution in [0.4, 0.5) is 5.82 Å². The number of alkyl halides is 1. The fraction of sp³-hybridized carbons (Fsp3) is 0.194. The van der Waals surface area contributed by atoms with Gasteiger partial charge in [0.2, 0.25) is 0 Å². The van der Waals surface area contributed by atoms with Crippen LogP contribution < -0.4 is 11.0 Å². The molecule has 42 heavy (non-hydrogen) atoms. The Labute approximate surface area is 245 Å². The number of esters is 2. The summed E-state index contributed by atoms with van der Waals surface area (Å²) in [5, 5.41) is 2.58. The van der Waals surface area contributed by atoms with Crippen LogP contribution >= 0.6 is 11.6 Å². The number of rotatable bonds is 8. The van der Waals surface area contributed by atoms with E-state index < -0.39 is 46.8 Å². The van der Waals surface area contributed by atoms with E-state index in [1.165, 1.54) is 12.3 Å². The first-order chi connectivity index (χ1) is 20.2. The highest BCUT2D eigenvalue weighted by molar-refractivity contribution is 6.24. The largest absolute Gasteiger partial charge is 0.459 e. The molecule has 4 atom stereocenters. The van der Waals surface area contributed by atoms with E-state index >= 15 is 0 Å². The third kappa shape index (κ3) is 6.24. The second-order valence-corrected chi connectivity index (χ2v) is 10.5. The van der Waals surface area contributed by atoms with Gasteiger partial charge >= 0.3 is 17.6 Å². The summed E-state index contributed by atoms with van der Waals surface area (Å²) in [5.74, 6) is -1.68. The van der Waals surface area contributed by atoms with Gasteiger partial charge in [0.15, 0.2) is 12.3 Å². The van der Waals surface area contributed by atoms with Crippen LogP contribution in [0.3, 0.4) is 0 Å². The minimum absolute atomic E-state index is 0.0276. The number of amides is 1. The Kier molecular flexibility index (Phi) is 8.46. The van der Waals surface area contributed by atoms with Gasteiger partial charge in [0, 0.05) is 11.8 Å². The molecule has 1 aliphatic rings. The molecule has 0 spiro atoms. The van der Waals surface area contributed by atoms with Crippen LogP contribution in [0, 0.1) is 0 Å². The van der Waals surface area contributed by atoms with Gasteiger partial charge in [0.05, 0.1) is 11.1 Å². The molecular weight excluding hydrogens is 562 g/mol. The Morgan fingerprint density at radius 2 is 1.43 bits per heavy atom. The number of halogens is 1. The molecule has 1 N–H and O–H groups in total. The van der Waals surface area contributed by atoms with E-state index in [-0.39, 0.29) is 18.0 Å². The smallest absolute Gasteiger partial charge is 0.351 e. The Morgan fingerprint density at radius 3 is 2.00 bits per heavy atom. The summed E-state index contributed by atoms with van der Waals surface area (Å²) in [6, 6.07) is 26.6. The number of anilines is 1. The monoisotopic (exact) mass is 587 g/mol. The van der Waals surface area contributed by atoms with Gasteiger partial charge in [-0.2, -0.15) is 4.98 Å². The first-order valence-electron chi connectivity index (χ1n) is 13.0. The predicted octanol–water partition coefficient (Wildman–Crippen LogP) is 4.47. The fourth-order valence-corrected chi connectivity index (χ4v) is 4.88. The number of ether oxygens (including phenoxy) is 3. The molecule has 1 amide bonds. The molecule has 5 rings (SSSR count). The normalized spacial score (nSPS) is 21.3. The van der Waals surface area contributed by atoms with Crippen LogP contribution in [-0.2, 0) is 14.2 Å². The number of benzene rings is 3. The number of carbonyl (C=O) groups is 3. The molecule has 0 aliphatic carbocycles. The van der Waals surface area contributed by atoms with Gasteiger partial charge in [-0.25, -0.2) is 14.4 Å². The first-order valence-corrected chi connectivity index (χ1v) is 13.4. The lowest BCUT2D eigenvalue weighted by Crippen LogP contribution is -2.45. The van der Waals surface area contributed by atoms with Crippen molar-refractivity contribution in [3.8, 4) is 0 Å². The lowest BCUT2D eigenvalue weighted by molar-refractivity contribution is -0.0585. The van der Waals surface area contributed by atoms with Crippen molar-refractivity contribution < 1.29 is 28.6 Å². The fourth-order valence-electron chi connectivity index (χ4n) is 4.54. The standard InChI is InChI=1S/C31H26ClN3O7/c1-31(32)25(42-28(38)22-15-9-4-10-16-22)23(19-40-27(37)21-13-7-3-8-14-21)41-29(31)35-18-17-24(34-30(35)39)33-26(36)20-11-5-2-6-12-20/h2-18,23,25,29H,19H2,1H3,(H,33,34,36,39)/t23-,25-,29+,31-/m1/s1. The number of carbonyl (C=O) groups excluding carboxylic acids is 3. The molecular formula is C31H26ClN3O7. The quantitative estimate of drug-likeness (QED) is 0.236. The minimum atomic E-state index is -1.49. The Bertz CT molecular complexity index is 1630. The number of nitrogens with zero attached hydrogens (tertiary/aromatic N) is 2. The van der Waals surface area contributed by atoms with Crippen molar-refractivity contribution in [2.45, 2.75) is 30.2 Å². The van der Waals surface area contributed by atoms with Crippen molar-refractivity contribution in [2.75, 3.05) is 11.9 Å². The van der Waals surface area contributed by atoms with Gasteiger partial charge in [-0.1, -0.05) is 54.6 Å². The highest BCUT2D eigenvalue weighted by atomic mass is 35.5. The molecule has 4 aromatic rings. The second-order valence-electron chi connectivity index (χ2n) is 9.66. The van der Waals surface area contributed by atoms with E-state index in [0.29, 0.717) is 11.1 Å². The molecule has 0 saturated carbocycles. The zero-order valence-electron chi connectivity index (χ0n) is 22.4. The summed E-state index contributed by atoms with van der Waals surface area (Å²) >= 11 is 6.97. The van der Waals surface area contributed by atoms with Crippen molar-refractivity contribution >= 4 is 35.3 Å². The summed E-state index contributed by atoms with van der Waals surface area (Å²) in [4.78, 5) is 53.7. The minimum Gasteiger partial charge on any atom is -0.459 e. The van der Waals surface area contributed by atoms with E-state index in [0.717, 1.165) is 4.57 Å². The maximum Gasteiger partial charge on any atom is 0.351 e. The molecule has 1 aromatic heterocycles. The molecule has 11 heteroatoms. The van der Waals surface area contributed by atoms with Crippen molar-refractivity contribution in [3.05, 3.63) is 130 Å². The van der Waals surface area contributed by atoms with Gasteiger partial charge in [-0.3, -0.25) is 9.36 Å². The van der Waals surface area contributed by atoms with Crippen molar-refractivity contribution in [2.24, 2.45) is 0 Å². The summed E-state index contributed by atoms with van der Waals surface area (Å²) in [6.07, 6.45) is -1.96. The lowest BCUT2D eigenvalue weighted by Gasteiger charge is -2.29. The zero-order valence-corrected chi connectivity index (χ0v) is 23.1. The number of nitrogens with one attached hydrogen (secondary N) is 1. The summed E-state index contributed by atoms with van der Waals surface area (Å²) < 4.78 is 18.5. The van der Waals surface area contributed by atoms with Gasteiger partial charge < -0.3 is 19.5 Å². The van der Waals surface area contributed by atoms with E-state index in [1.54, 1.807) is 97.9 Å². The highest BCUT2D eigenvalue weighted by Crippen LogP contribution is 2.44. The molecule has 0 unspecified atom stereocenters. The van der Waals surface area contributed by atoms with Crippen molar-refractivity contribution in [3.63, 3.8) is 0 Å². The number of aromatic nitrogens is 2. The predicted molar refractivity (Wildman–Crippen MR) is 153 cm³/mol. The third-order valence-corrected chi connectivity index (χ3v) is 7.07. The van der Waals surface area contributed by atoms with Crippen LogP contribution in [0.25, 0.3) is 0 Å². The molecule has 3 aromatic carbocycles. The summed E-state index contributed by atoms with van der Waals surface area (Å²) in [6.45, 7) is 1.24. The van der Waals surface area contributed by atoms with Gasteiger partial charge in [0.1, 0.15) is 23.4 Å². The van der Waals surface area contributed by atoms with E-state index in [9.17, 15) is 19.2 Å². The van der Waals surface area contributed by atoms with E-state index in [1.807, 2.05) is 0 Å². The molecule has 10 nitrogen and oxygen atoms in total. The first kappa shape index (κ1) is 28.7. The highest BCUT2D eigenvalue weighted by Gasteiger charge is 2.56. The maximum absolute atomic E-state index is 13.1. The van der Waals surface area contributed by atoms with Gasteiger partial charge in [0.25, 0.3) is 5.91 Å².